The van der Waals surface area contributed by atoms with Crippen molar-refractivity contribution in [1.29, 1.82) is 0 Å². The molecule has 0 radical (unpaired) electrons. The van der Waals surface area contributed by atoms with Crippen LogP contribution in [0.1, 0.15) is 37.9 Å². The Morgan fingerprint density at radius 3 is 2.58 bits per heavy atom. The maximum atomic E-state index is 11.9. The average Bonchev–Trinajstić information content (AvgIpc) is 2.74. The van der Waals surface area contributed by atoms with Crippen molar-refractivity contribution < 1.29 is 4.79 Å². The summed E-state index contributed by atoms with van der Waals surface area (Å²) in [6.45, 7) is 3.85. The van der Waals surface area contributed by atoms with Gasteiger partial charge in [0.2, 0.25) is 11.0 Å². The molecule has 0 atom stereocenters. The van der Waals surface area contributed by atoms with Crippen molar-refractivity contribution in [2.24, 2.45) is 5.92 Å². The molecule has 1 saturated carbocycles. The van der Waals surface area contributed by atoms with Gasteiger partial charge in [-0.05, 0) is 32.6 Å². The van der Waals surface area contributed by atoms with E-state index in [0.717, 1.165) is 49.7 Å². The van der Waals surface area contributed by atoms with E-state index in [1.165, 1.54) is 18.0 Å². The van der Waals surface area contributed by atoms with Crippen LogP contribution in [-0.2, 0) is 4.79 Å². The minimum absolute atomic E-state index is 0.274. The molecule has 1 aromatic heterocycles. The monoisotopic (exact) mass is 280 g/mol. The van der Waals surface area contributed by atoms with Gasteiger partial charge < -0.3 is 10.2 Å². The number of amides is 1. The van der Waals surface area contributed by atoms with Gasteiger partial charge in [0.25, 0.3) is 0 Å². The summed E-state index contributed by atoms with van der Waals surface area (Å²) < 4.78 is 4.22. The number of hydrogen-bond donors (Lipinski definition) is 1. The van der Waals surface area contributed by atoms with Crippen LogP contribution >= 0.6 is 11.5 Å². The molecule has 1 saturated heterocycles. The van der Waals surface area contributed by atoms with Crippen LogP contribution in [-0.4, -0.2) is 34.4 Å². The Morgan fingerprint density at radius 2 is 2.05 bits per heavy atom. The molecular weight excluding hydrogens is 260 g/mol. The second kappa shape index (κ2) is 5.45. The molecule has 104 valence electrons. The van der Waals surface area contributed by atoms with E-state index < -0.39 is 0 Å². The molecule has 2 heterocycles. The fraction of sp³-hybridized carbons (Fsp3) is 0.769. The summed E-state index contributed by atoms with van der Waals surface area (Å²) in [6.07, 6.45) is 5.39. The van der Waals surface area contributed by atoms with Crippen molar-refractivity contribution in [3.63, 3.8) is 0 Å². The first-order chi connectivity index (χ1) is 9.22. The fourth-order valence-electron chi connectivity index (χ4n) is 2.62. The van der Waals surface area contributed by atoms with Gasteiger partial charge in [0.1, 0.15) is 5.82 Å². The molecule has 2 aliphatic rings. The topological polar surface area (TPSA) is 58.1 Å². The Hall–Kier alpha value is -1.17. The third kappa shape index (κ3) is 2.88. The second-order valence-electron chi connectivity index (χ2n) is 5.52. The zero-order chi connectivity index (χ0) is 13.2. The Morgan fingerprint density at radius 1 is 1.32 bits per heavy atom. The smallest absolute Gasteiger partial charge is 0.223 e. The molecule has 0 unspecified atom stereocenters. The number of anilines is 1. The highest BCUT2D eigenvalue weighted by Gasteiger charge is 2.28. The van der Waals surface area contributed by atoms with Gasteiger partial charge in [-0.15, -0.1) is 0 Å². The van der Waals surface area contributed by atoms with Gasteiger partial charge in [-0.25, -0.2) is 4.98 Å². The summed E-state index contributed by atoms with van der Waals surface area (Å²) in [5.41, 5.74) is 0. The summed E-state index contributed by atoms with van der Waals surface area (Å²) in [7, 11) is 0. The molecule has 1 amide bonds. The zero-order valence-corrected chi connectivity index (χ0v) is 12.1. The third-order valence-electron chi connectivity index (χ3n) is 4.10. The van der Waals surface area contributed by atoms with Crippen LogP contribution in [0.4, 0.5) is 5.13 Å². The molecule has 6 heteroatoms. The van der Waals surface area contributed by atoms with E-state index in [1.54, 1.807) is 0 Å². The number of nitrogens with zero attached hydrogens (tertiary/aromatic N) is 3. The maximum absolute atomic E-state index is 11.9. The highest BCUT2D eigenvalue weighted by Crippen LogP contribution is 2.27. The van der Waals surface area contributed by atoms with Gasteiger partial charge in [0.05, 0.1) is 0 Å². The van der Waals surface area contributed by atoms with Crippen molar-refractivity contribution in [1.82, 2.24) is 14.7 Å². The predicted molar refractivity (Wildman–Crippen MR) is 75.4 cm³/mol. The molecule has 1 aliphatic carbocycles. The molecule has 5 nitrogen and oxygen atoms in total. The maximum Gasteiger partial charge on any atom is 0.223 e. The third-order valence-corrected chi connectivity index (χ3v) is 4.97. The normalized spacial score (nSPS) is 21.2. The summed E-state index contributed by atoms with van der Waals surface area (Å²) in [5, 5.41) is 4.21. The number of piperidine rings is 1. The molecule has 3 rings (SSSR count). The quantitative estimate of drug-likeness (QED) is 0.916. The van der Waals surface area contributed by atoms with Crippen LogP contribution in [0.25, 0.3) is 0 Å². The molecule has 1 N–H and O–H groups in total. The lowest BCUT2D eigenvalue weighted by Gasteiger charge is -2.33. The van der Waals surface area contributed by atoms with Crippen LogP contribution in [0.3, 0.4) is 0 Å². The zero-order valence-electron chi connectivity index (χ0n) is 11.3. The Labute approximate surface area is 117 Å². The Balaban J connectivity index is 1.47. The summed E-state index contributed by atoms with van der Waals surface area (Å²) in [5.74, 6) is 1.42. The van der Waals surface area contributed by atoms with Gasteiger partial charge in [0.15, 0.2) is 0 Å². The van der Waals surface area contributed by atoms with Crippen LogP contribution in [0.2, 0.25) is 0 Å². The van der Waals surface area contributed by atoms with Crippen LogP contribution in [0.15, 0.2) is 0 Å². The van der Waals surface area contributed by atoms with E-state index in [0.29, 0.717) is 12.0 Å². The summed E-state index contributed by atoms with van der Waals surface area (Å²) in [6, 6.07) is 0.346. The van der Waals surface area contributed by atoms with Crippen molar-refractivity contribution in [2.45, 2.75) is 45.1 Å². The number of aromatic nitrogens is 2. The number of carbonyl (C=O) groups excluding carboxylic acids is 1. The highest BCUT2D eigenvalue weighted by molar-refractivity contribution is 7.09. The molecule has 0 aromatic carbocycles. The molecule has 0 spiro atoms. The van der Waals surface area contributed by atoms with Crippen LogP contribution in [0.5, 0.6) is 0 Å². The first kappa shape index (κ1) is 12.8. The largest absolute Gasteiger partial charge is 0.353 e. The standard InChI is InChI=1S/C13H20N4OS/c1-9-14-13(19-16-9)17-7-5-11(6-8-17)15-12(18)10-3-2-4-10/h10-11H,2-8H2,1H3,(H,15,18). The minimum Gasteiger partial charge on any atom is -0.353 e. The van der Waals surface area contributed by atoms with E-state index >= 15 is 0 Å². The van der Waals surface area contributed by atoms with E-state index in [1.807, 2.05) is 6.92 Å². The van der Waals surface area contributed by atoms with Gasteiger partial charge >= 0.3 is 0 Å². The van der Waals surface area contributed by atoms with Gasteiger partial charge in [-0.2, -0.15) is 4.37 Å². The molecule has 1 aliphatic heterocycles. The van der Waals surface area contributed by atoms with Crippen LogP contribution in [0, 0.1) is 12.8 Å². The number of hydrogen-bond acceptors (Lipinski definition) is 5. The lowest BCUT2D eigenvalue weighted by Crippen LogP contribution is -2.47. The van der Waals surface area contributed by atoms with Crippen molar-refractivity contribution in [3.8, 4) is 0 Å². The number of carbonyl (C=O) groups is 1. The lowest BCUT2D eigenvalue weighted by atomic mass is 9.84. The Kier molecular flexibility index (Phi) is 3.68. The molecule has 1 aromatic rings. The number of nitrogens with one attached hydrogen (secondary N) is 1. The lowest BCUT2D eigenvalue weighted by molar-refractivity contribution is -0.128. The first-order valence-electron chi connectivity index (χ1n) is 7.08. The molecule has 2 fully saturated rings. The van der Waals surface area contributed by atoms with E-state index in [9.17, 15) is 4.79 Å². The van der Waals surface area contributed by atoms with E-state index in [2.05, 4.69) is 19.6 Å². The molecule has 0 bridgehead atoms. The van der Waals surface area contributed by atoms with Crippen molar-refractivity contribution in [3.05, 3.63) is 5.82 Å². The SMILES string of the molecule is Cc1nsc(N2CCC(NC(=O)C3CCC3)CC2)n1. The summed E-state index contributed by atoms with van der Waals surface area (Å²) >= 11 is 1.47. The molecular formula is C13H20N4OS. The van der Waals surface area contributed by atoms with Gasteiger partial charge in [-0.3, -0.25) is 4.79 Å². The number of rotatable bonds is 3. The second-order valence-corrected chi connectivity index (χ2v) is 6.25. The first-order valence-corrected chi connectivity index (χ1v) is 7.85. The van der Waals surface area contributed by atoms with Crippen molar-refractivity contribution >= 4 is 22.6 Å². The van der Waals surface area contributed by atoms with Gasteiger partial charge in [0, 0.05) is 36.6 Å². The van der Waals surface area contributed by atoms with Gasteiger partial charge in [-0.1, -0.05) is 6.42 Å². The minimum atomic E-state index is 0.274. The highest BCUT2D eigenvalue weighted by atomic mass is 32.1. The average molecular weight is 280 g/mol. The number of aryl methyl sites for hydroxylation is 1. The predicted octanol–water partition coefficient (Wildman–Crippen LogP) is 1.73. The molecule has 19 heavy (non-hydrogen) atoms. The van der Waals surface area contributed by atoms with Crippen LogP contribution < -0.4 is 10.2 Å². The summed E-state index contributed by atoms with van der Waals surface area (Å²) in [4.78, 5) is 18.6. The fourth-order valence-corrected chi connectivity index (χ4v) is 3.34. The van der Waals surface area contributed by atoms with E-state index in [4.69, 9.17) is 0 Å². The van der Waals surface area contributed by atoms with Crippen molar-refractivity contribution in [2.75, 3.05) is 18.0 Å². The Bertz CT molecular complexity index is 449. The van der Waals surface area contributed by atoms with E-state index in [-0.39, 0.29) is 5.91 Å².